The Morgan fingerprint density at radius 1 is 1.15 bits per heavy atom. The molecule has 0 aliphatic rings. The molecular weight excluding hydrogens is 285 g/mol. The Balaban J connectivity index is 3.10. The lowest BCUT2D eigenvalue weighted by Gasteiger charge is -2.22. The number of ether oxygens (including phenoxy) is 2. The maximum atomic E-state index is 13.3. The molecule has 0 N–H and O–H groups in total. The van der Waals surface area contributed by atoms with Crippen molar-refractivity contribution >= 4 is 10.0 Å². The molecule has 114 valence electrons. The second kappa shape index (κ2) is 7.68. The fourth-order valence-corrected chi connectivity index (χ4v) is 3.37. The molecule has 0 saturated heterocycles. The highest BCUT2D eigenvalue weighted by Gasteiger charge is 2.26. The number of aryl methyl sites for hydroxylation is 1. The van der Waals surface area contributed by atoms with Gasteiger partial charge in [-0.2, -0.15) is 4.31 Å². The highest BCUT2D eigenvalue weighted by atomic mass is 32.2. The summed E-state index contributed by atoms with van der Waals surface area (Å²) in [6.45, 7) is 2.54. The first-order valence-corrected chi connectivity index (χ1v) is 7.61. The topological polar surface area (TPSA) is 55.8 Å². The molecule has 0 bridgehead atoms. The summed E-state index contributed by atoms with van der Waals surface area (Å²) in [7, 11) is -0.776. The highest BCUT2D eigenvalue weighted by molar-refractivity contribution is 7.89. The molecule has 1 aromatic carbocycles. The summed E-state index contributed by atoms with van der Waals surface area (Å²) in [5.74, 6) is -0.576. The monoisotopic (exact) mass is 305 g/mol. The molecule has 1 rings (SSSR count). The van der Waals surface area contributed by atoms with E-state index < -0.39 is 15.8 Å². The number of benzene rings is 1. The molecule has 7 heteroatoms. The van der Waals surface area contributed by atoms with Crippen LogP contribution in [-0.2, 0) is 19.5 Å². The van der Waals surface area contributed by atoms with Gasteiger partial charge in [0, 0.05) is 27.3 Å². The molecule has 0 aliphatic heterocycles. The van der Waals surface area contributed by atoms with Gasteiger partial charge in [0.1, 0.15) is 5.82 Å². The third-order valence-corrected chi connectivity index (χ3v) is 4.90. The minimum Gasteiger partial charge on any atom is -0.383 e. The van der Waals surface area contributed by atoms with Crippen LogP contribution < -0.4 is 0 Å². The van der Waals surface area contributed by atoms with E-state index in [1.807, 2.05) is 0 Å². The molecule has 0 atom stereocenters. The maximum absolute atomic E-state index is 13.3. The Morgan fingerprint density at radius 3 is 2.20 bits per heavy atom. The van der Waals surface area contributed by atoms with Crippen molar-refractivity contribution in [2.24, 2.45) is 0 Å². The number of rotatable bonds is 8. The van der Waals surface area contributed by atoms with Gasteiger partial charge in [-0.15, -0.1) is 0 Å². The zero-order valence-corrected chi connectivity index (χ0v) is 12.7. The van der Waals surface area contributed by atoms with Crippen LogP contribution in [0, 0.1) is 12.7 Å². The molecule has 5 nitrogen and oxygen atoms in total. The second-order valence-corrected chi connectivity index (χ2v) is 6.21. The average molecular weight is 305 g/mol. The SMILES string of the molecule is COCCN(CCOC)S(=O)(=O)c1cc(F)ccc1C. The summed E-state index contributed by atoms with van der Waals surface area (Å²) in [6, 6.07) is 3.73. The van der Waals surface area contributed by atoms with Gasteiger partial charge in [-0.3, -0.25) is 0 Å². The first-order chi connectivity index (χ1) is 9.43. The Labute approximate surface area is 119 Å². The molecule has 0 saturated carbocycles. The van der Waals surface area contributed by atoms with Crippen molar-refractivity contribution in [2.75, 3.05) is 40.5 Å². The largest absolute Gasteiger partial charge is 0.383 e. The van der Waals surface area contributed by atoms with Gasteiger partial charge in [-0.1, -0.05) is 6.07 Å². The van der Waals surface area contributed by atoms with Crippen LogP contribution in [-0.4, -0.2) is 53.2 Å². The predicted octanol–water partition coefficient (Wildman–Crippen LogP) is 1.42. The summed E-state index contributed by atoms with van der Waals surface area (Å²) < 4.78 is 49.5. The third kappa shape index (κ3) is 4.24. The van der Waals surface area contributed by atoms with Gasteiger partial charge in [0.25, 0.3) is 0 Å². The molecule has 0 spiro atoms. The number of sulfonamides is 1. The number of nitrogens with zero attached hydrogens (tertiary/aromatic N) is 1. The lowest BCUT2D eigenvalue weighted by Crippen LogP contribution is -2.36. The number of methoxy groups -OCH3 is 2. The third-order valence-electron chi connectivity index (χ3n) is 2.86. The molecule has 0 heterocycles. The first-order valence-electron chi connectivity index (χ1n) is 6.17. The van der Waals surface area contributed by atoms with Crippen LogP contribution in [0.5, 0.6) is 0 Å². The van der Waals surface area contributed by atoms with E-state index >= 15 is 0 Å². The maximum Gasteiger partial charge on any atom is 0.243 e. The fourth-order valence-electron chi connectivity index (χ4n) is 1.73. The summed E-state index contributed by atoms with van der Waals surface area (Å²) in [5.41, 5.74) is 0.506. The lowest BCUT2D eigenvalue weighted by molar-refractivity contribution is 0.150. The van der Waals surface area contributed by atoms with E-state index in [-0.39, 0.29) is 31.2 Å². The predicted molar refractivity (Wildman–Crippen MR) is 73.6 cm³/mol. The molecule has 0 fully saturated rings. The molecule has 0 radical (unpaired) electrons. The van der Waals surface area contributed by atoms with E-state index in [0.717, 1.165) is 6.07 Å². The number of hydrogen-bond acceptors (Lipinski definition) is 4. The van der Waals surface area contributed by atoms with Gasteiger partial charge < -0.3 is 9.47 Å². The van der Waals surface area contributed by atoms with Crippen molar-refractivity contribution in [1.82, 2.24) is 4.31 Å². The molecule has 0 aromatic heterocycles. The minimum atomic E-state index is -3.77. The van der Waals surface area contributed by atoms with Crippen molar-refractivity contribution in [1.29, 1.82) is 0 Å². The molecule has 0 unspecified atom stereocenters. The average Bonchev–Trinajstić information content (AvgIpc) is 2.41. The summed E-state index contributed by atoms with van der Waals surface area (Å²) in [6.07, 6.45) is 0. The van der Waals surface area contributed by atoms with E-state index in [4.69, 9.17) is 9.47 Å². The van der Waals surface area contributed by atoms with Crippen molar-refractivity contribution in [3.05, 3.63) is 29.6 Å². The smallest absolute Gasteiger partial charge is 0.243 e. The van der Waals surface area contributed by atoms with E-state index in [1.165, 1.54) is 30.7 Å². The van der Waals surface area contributed by atoms with E-state index in [2.05, 4.69) is 0 Å². The van der Waals surface area contributed by atoms with Crippen LogP contribution in [0.4, 0.5) is 4.39 Å². The Kier molecular flexibility index (Phi) is 6.54. The van der Waals surface area contributed by atoms with Crippen LogP contribution >= 0.6 is 0 Å². The van der Waals surface area contributed by atoms with Crippen molar-refractivity contribution < 1.29 is 22.3 Å². The quantitative estimate of drug-likeness (QED) is 0.729. The van der Waals surface area contributed by atoms with Gasteiger partial charge >= 0.3 is 0 Å². The Hall–Kier alpha value is -1.02. The van der Waals surface area contributed by atoms with Crippen LogP contribution in [0.15, 0.2) is 23.1 Å². The normalized spacial score (nSPS) is 12.1. The van der Waals surface area contributed by atoms with Gasteiger partial charge in [-0.05, 0) is 24.6 Å². The zero-order valence-electron chi connectivity index (χ0n) is 11.9. The second-order valence-electron chi connectivity index (χ2n) is 4.30. The number of halogens is 1. The van der Waals surface area contributed by atoms with Crippen LogP contribution in [0.1, 0.15) is 5.56 Å². The summed E-state index contributed by atoms with van der Waals surface area (Å²) >= 11 is 0. The Morgan fingerprint density at radius 2 is 1.70 bits per heavy atom. The molecule has 0 amide bonds. The molecule has 0 aliphatic carbocycles. The standard InChI is InChI=1S/C13H20FNO4S/c1-11-4-5-12(14)10-13(11)20(16,17)15(6-8-18-2)7-9-19-3/h4-5,10H,6-9H2,1-3H3. The van der Waals surface area contributed by atoms with Crippen molar-refractivity contribution in [2.45, 2.75) is 11.8 Å². The summed E-state index contributed by atoms with van der Waals surface area (Å²) in [5, 5.41) is 0. The summed E-state index contributed by atoms with van der Waals surface area (Å²) in [4.78, 5) is -0.0234. The van der Waals surface area contributed by atoms with Crippen LogP contribution in [0.25, 0.3) is 0 Å². The minimum absolute atomic E-state index is 0.0234. The van der Waals surface area contributed by atoms with Gasteiger partial charge in [0.05, 0.1) is 18.1 Å². The zero-order chi connectivity index (χ0) is 15.2. The van der Waals surface area contributed by atoms with E-state index in [9.17, 15) is 12.8 Å². The molecule has 1 aromatic rings. The van der Waals surface area contributed by atoms with Gasteiger partial charge in [0.2, 0.25) is 10.0 Å². The van der Waals surface area contributed by atoms with Crippen LogP contribution in [0.2, 0.25) is 0 Å². The first kappa shape index (κ1) is 17.0. The fraction of sp³-hybridized carbons (Fsp3) is 0.538. The van der Waals surface area contributed by atoms with Gasteiger partial charge in [-0.25, -0.2) is 12.8 Å². The van der Waals surface area contributed by atoms with Crippen molar-refractivity contribution in [3.8, 4) is 0 Å². The lowest BCUT2D eigenvalue weighted by atomic mass is 10.2. The highest BCUT2D eigenvalue weighted by Crippen LogP contribution is 2.20. The van der Waals surface area contributed by atoms with E-state index in [1.54, 1.807) is 6.92 Å². The van der Waals surface area contributed by atoms with Crippen molar-refractivity contribution in [3.63, 3.8) is 0 Å². The molecule has 20 heavy (non-hydrogen) atoms. The van der Waals surface area contributed by atoms with Crippen LogP contribution in [0.3, 0.4) is 0 Å². The van der Waals surface area contributed by atoms with Gasteiger partial charge in [0.15, 0.2) is 0 Å². The Bertz CT molecular complexity index is 525. The number of hydrogen-bond donors (Lipinski definition) is 0. The van der Waals surface area contributed by atoms with E-state index in [0.29, 0.717) is 5.56 Å². The molecular formula is C13H20FNO4S.